The van der Waals surface area contributed by atoms with E-state index in [0.29, 0.717) is 17.1 Å². The first kappa shape index (κ1) is 22.0. The molecule has 32 heavy (non-hydrogen) atoms. The van der Waals surface area contributed by atoms with Gasteiger partial charge in [0.2, 0.25) is 0 Å². The van der Waals surface area contributed by atoms with Crippen molar-refractivity contribution in [3.63, 3.8) is 0 Å². The van der Waals surface area contributed by atoms with Gasteiger partial charge in [0, 0.05) is 6.42 Å². The molecule has 4 aromatic rings. The van der Waals surface area contributed by atoms with Gasteiger partial charge in [-0.3, -0.25) is 0 Å². The molecule has 2 aromatic heterocycles. The number of benzene rings is 2. The van der Waals surface area contributed by atoms with Gasteiger partial charge in [-0.25, -0.2) is 14.8 Å². The third-order valence-corrected chi connectivity index (χ3v) is 6.26. The van der Waals surface area contributed by atoms with Crippen LogP contribution in [-0.4, -0.2) is 27.6 Å². The standard InChI is InChI=1S/C26H26ClN3O2/c1-5-8-22-29-24-16(2)23(27)17(3)28-25(24)30(22)15-18-11-13-19(14-12-18)20-9-6-7-10-21(20)26(31)32-4/h6-7,9-14H,5,8,15H2,1-4H3. The summed E-state index contributed by atoms with van der Waals surface area (Å²) in [7, 11) is 1.40. The van der Waals surface area contributed by atoms with E-state index in [9.17, 15) is 4.79 Å². The van der Waals surface area contributed by atoms with Crippen molar-refractivity contribution >= 4 is 28.7 Å². The molecule has 0 bridgehead atoms. The summed E-state index contributed by atoms with van der Waals surface area (Å²) in [5, 5.41) is 0.679. The summed E-state index contributed by atoms with van der Waals surface area (Å²) in [6, 6.07) is 15.7. The lowest BCUT2D eigenvalue weighted by Gasteiger charge is -2.11. The Morgan fingerprint density at radius 1 is 1.06 bits per heavy atom. The summed E-state index contributed by atoms with van der Waals surface area (Å²) in [5.41, 5.74) is 7.04. The second-order valence-corrected chi connectivity index (χ2v) is 8.28. The number of rotatable bonds is 6. The predicted octanol–water partition coefficient (Wildman–Crippen LogP) is 6.16. The van der Waals surface area contributed by atoms with Crippen molar-refractivity contribution in [1.29, 1.82) is 0 Å². The molecule has 2 heterocycles. The molecule has 0 saturated heterocycles. The van der Waals surface area contributed by atoms with Gasteiger partial charge in [-0.1, -0.05) is 61.0 Å². The van der Waals surface area contributed by atoms with Gasteiger partial charge in [0.15, 0.2) is 5.65 Å². The monoisotopic (exact) mass is 447 g/mol. The Balaban J connectivity index is 1.72. The van der Waals surface area contributed by atoms with Crippen LogP contribution in [0.5, 0.6) is 0 Å². The van der Waals surface area contributed by atoms with Crippen LogP contribution < -0.4 is 0 Å². The van der Waals surface area contributed by atoms with E-state index in [4.69, 9.17) is 26.3 Å². The third-order valence-electron chi connectivity index (χ3n) is 5.71. The molecule has 0 saturated carbocycles. The van der Waals surface area contributed by atoms with Gasteiger partial charge in [-0.05, 0) is 48.6 Å². The maximum Gasteiger partial charge on any atom is 0.338 e. The summed E-state index contributed by atoms with van der Waals surface area (Å²) >= 11 is 6.43. The molecule has 4 rings (SSSR count). The van der Waals surface area contributed by atoms with Gasteiger partial charge in [0.1, 0.15) is 11.3 Å². The van der Waals surface area contributed by atoms with E-state index in [2.05, 4.69) is 23.6 Å². The van der Waals surface area contributed by atoms with Crippen molar-refractivity contribution in [2.45, 2.75) is 40.2 Å². The summed E-state index contributed by atoms with van der Waals surface area (Å²) < 4.78 is 7.12. The minimum absolute atomic E-state index is 0.339. The number of pyridine rings is 1. The Kier molecular flexibility index (Phi) is 6.28. The van der Waals surface area contributed by atoms with E-state index in [1.54, 1.807) is 6.07 Å². The van der Waals surface area contributed by atoms with E-state index in [-0.39, 0.29) is 5.97 Å². The Morgan fingerprint density at radius 3 is 2.47 bits per heavy atom. The van der Waals surface area contributed by atoms with Crippen LogP contribution in [0.3, 0.4) is 0 Å². The summed E-state index contributed by atoms with van der Waals surface area (Å²) in [6.45, 7) is 6.74. The van der Waals surface area contributed by atoms with Crippen LogP contribution in [0.4, 0.5) is 0 Å². The number of halogens is 1. The zero-order valence-electron chi connectivity index (χ0n) is 18.8. The number of methoxy groups -OCH3 is 1. The van der Waals surface area contributed by atoms with Crippen molar-refractivity contribution in [3.05, 3.63) is 81.8 Å². The summed E-state index contributed by atoms with van der Waals surface area (Å²) in [4.78, 5) is 21.8. The number of carbonyl (C=O) groups is 1. The van der Waals surface area contributed by atoms with E-state index < -0.39 is 0 Å². The molecular weight excluding hydrogens is 422 g/mol. The molecule has 0 unspecified atom stereocenters. The smallest absolute Gasteiger partial charge is 0.338 e. The number of aromatic nitrogens is 3. The number of esters is 1. The molecule has 0 aliphatic rings. The number of imidazole rings is 1. The number of aryl methyl sites for hydroxylation is 3. The van der Waals surface area contributed by atoms with Crippen LogP contribution in [-0.2, 0) is 17.7 Å². The van der Waals surface area contributed by atoms with Gasteiger partial charge in [0.05, 0.1) is 29.9 Å². The molecule has 0 spiro atoms. The van der Waals surface area contributed by atoms with Crippen molar-refractivity contribution in [3.8, 4) is 11.1 Å². The van der Waals surface area contributed by atoms with E-state index in [1.165, 1.54) is 7.11 Å². The van der Waals surface area contributed by atoms with E-state index in [1.807, 2.05) is 44.2 Å². The van der Waals surface area contributed by atoms with Crippen LogP contribution in [0.15, 0.2) is 48.5 Å². The van der Waals surface area contributed by atoms with Crippen LogP contribution >= 0.6 is 11.6 Å². The maximum atomic E-state index is 12.1. The van der Waals surface area contributed by atoms with Crippen molar-refractivity contribution in [2.75, 3.05) is 7.11 Å². The Bertz CT molecular complexity index is 1290. The van der Waals surface area contributed by atoms with Crippen LogP contribution in [0, 0.1) is 13.8 Å². The average molecular weight is 448 g/mol. The molecule has 164 valence electrons. The first-order chi connectivity index (χ1) is 15.4. The Morgan fingerprint density at radius 2 is 1.78 bits per heavy atom. The highest BCUT2D eigenvalue weighted by Gasteiger charge is 2.17. The third kappa shape index (κ3) is 4.00. The molecule has 0 atom stereocenters. The lowest BCUT2D eigenvalue weighted by atomic mass is 9.98. The maximum absolute atomic E-state index is 12.1. The number of ether oxygens (including phenoxy) is 1. The number of hydrogen-bond acceptors (Lipinski definition) is 4. The molecule has 2 aromatic carbocycles. The molecule has 6 heteroatoms. The Hall–Kier alpha value is -3.18. The van der Waals surface area contributed by atoms with E-state index >= 15 is 0 Å². The second kappa shape index (κ2) is 9.13. The minimum Gasteiger partial charge on any atom is -0.465 e. The quantitative estimate of drug-likeness (QED) is 0.332. The number of fused-ring (bicyclic) bond motifs is 1. The lowest BCUT2D eigenvalue weighted by Crippen LogP contribution is -2.07. The fraction of sp³-hybridized carbons (Fsp3) is 0.269. The summed E-state index contributed by atoms with van der Waals surface area (Å²) in [6.07, 6.45) is 1.87. The predicted molar refractivity (Wildman–Crippen MR) is 128 cm³/mol. The Labute approximate surface area is 193 Å². The minimum atomic E-state index is -0.339. The molecule has 0 radical (unpaired) electrons. The highest BCUT2D eigenvalue weighted by molar-refractivity contribution is 6.32. The van der Waals surface area contributed by atoms with Gasteiger partial charge in [-0.2, -0.15) is 0 Å². The first-order valence-corrected chi connectivity index (χ1v) is 11.1. The SMILES string of the molecule is CCCc1nc2c(C)c(Cl)c(C)nc2n1Cc1ccc(-c2ccccc2C(=O)OC)cc1. The first-order valence-electron chi connectivity index (χ1n) is 10.7. The number of hydrogen-bond donors (Lipinski definition) is 0. The molecule has 5 nitrogen and oxygen atoms in total. The average Bonchev–Trinajstić information content (AvgIpc) is 3.14. The van der Waals surface area contributed by atoms with Crippen molar-refractivity contribution < 1.29 is 9.53 Å². The number of nitrogens with zero attached hydrogens (tertiary/aromatic N) is 3. The molecule has 0 N–H and O–H groups in total. The van der Waals surface area contributed by atoms with Crippen LogP contribution in [0.1, 0.15) is 46.3 Å². The molecular formula is C26H26ClN3O2. The van der Waals surface area contributed by atoms with Crippen molar-refractivity contribution in [1.82, 2.24) is 14.5 Å². The number of carbonyl (C=O) groups excluding carboxylic acids is 1. The largest absolute Gasteiger partial charge is 0.465 e. The van der Waals surface area contributed by atoms with Crippen molar-refractivity contribution in [2.24, 2.45) is 0 Å². The zero-order valence-corrected chi connectivity index (χ0v) is 19.5. The molecule has 0 aliphatic heterocycles. The normalized spacial score (nSPS) is 11.2. The van der Waals surface area contributed by atoms with Crippen LogP contribution in [0.25, 0.3) is 22.3 Å². The molecule has 0 fully saturated rings. The molecule has 0 aliphatic carbocycles. The van der Waals surface area contributed by atoms with Gasteiger partial charge in [0.25, 0.3) is 0 Å². The fourth-order valence-corrected chi connectivity index (χ4v) is 4.15. The topological polar surface area (TPSA) is 57.0 Å². The van der Waals surface area contributed by atoms with Crippen LogP contribution in [0.2, 0.25) is 5.02 Å². The second-order valence-electron chi connectivity index (χ2n) is 7.91. The van der Waals surface area contributed by atoms with Gasteiger partial charge < -0.3 is 9.30 Å². The summed E-state index contributed by atoms with van der Waals surface area (Å²) in [5.74, 6) is 0.675. The highest BCUT2D eigenvalue weighted by atomic mass is 35.5. The highest BCUT2D eigenvalue weighted by Crippen LogP contribution is 2.29. The fourth-order valence-electron chi connectivity index (χ4n) is 4.01. The lowest BCUT2D eigenvalue weighted by molar-refractivity contribution is 0.0601. The zero-order chi connectivity index (χ0) is 22.8. The van der Waals surface area contributed by atoms with Gasteiger partial charge >= 0.3 is 5.97 Å². The van der Waals surface area contributed by atoms with E-state index in [0.717, 1.165) is 57.8 Å². The van der Waals surface area contributed by atoms with Gasteiger partial charge in [-0.15, -0.1) is 0 Å². The molecule has 0 amide bonds.